The van der Waals surface area contributed by atoms with Crippen molar-refractivity contribution in [3.8, 4) is 5.75 Å². The molecule has 34 heavy (non-hydrogen) atoms. The third-order valence-electron chi connectivity index (χ3n) is 4.78. The number of halogens is 4. The summed E-state index contributed by atoms with van der Waals surface area (Å²) < 4.78 is 5.51. The average Bonchev–Trinajstić information content (AvgIpc) is 3.04. The molecule has 0 spiro atoms. The molecule has 3 aromatic rings. The Morgan fingerprint density at radius 3 is 2.29 bits per heavy atom. The number of rotatable bonds is 5. The standard InChI is InChI=1S/C24H13Cl4NO4S/c25-15-6-5-14(18(27)10-15)12-29-22(30)21(34-24(29)32)9-13-3-1-2-4-20(13)33-23(31)17-8-7-16(26)11-19(17)28/h1-11H,12H2/b21-9-. The van der Waals surface area contributed by atoms with Crippen molar-refractivity contribution in [3.05, 3.63) is 102 Å². The number of hydrogen-bond acceptors (Lipinski definition) is 5. The summed E-state index contributed by atoms with van der Waals surface area (Å²) in [6.45, 7) is 0.00368. The van der Waals surface area contributed by atoms with Crippen molar-refractivity contribution < 1.29 is 19.1 Å². The number of thioether (sulfide) groups is 1. The van der Waals surface area contributed by atoms with Crippen LogP contribution in [0, 0.1) is 0 Å². The van der Waals surface area contributed by atoms with Crippen LogP contribution in [0.1, 0.15) is 21.5 Å². The second kappa shape index (κ2) is 10.4. The van der Waals surface area contributed by atoms with Crippen LogP contribution in [0.15, 0.2) is 65.6 Å². The monoisotopic (exact) mass is 551 g/mol. The second-order valence-corrected chi connectivity index (χ2v) is 9.74. The minimum atomic E-state index is -0.687. The molecule has 0 radical (unpaired) electrons. The predicted octanol–water partition coefficient (Wildman–Crippen LogP) is 7.76. The number of carbonyl (C=O) groups is 3. The van der Waals surface area contributed by atoms with Crippen molar-refractivity contribution >= 4 is 81.4 Å². The van der Waals surface area contributed by atoms with Crippen molar-refractivity contribution in [2.24, 2.45) is 0 Å². The zero-order valence-electron chi connectivity index (χ0n) is 17.1. The lowest BCUT2D eigenvalue weighted by atomic mass is 10.1. The van der Waals surface area contributed by atoms with Crippen molar-refractivity contribution in [1.82, 2.24) is 4.90 Å². The molecule has 0 aromatic heterocycles. The third kappa shape index (κ3) is 5.43. The van der Waals surface area contributed by atoms with Crippen LogP contribution in [-0.2, 0) is 11.3 Å². The predicted molar refractivity (Wildman–Crippen MR) is 136 cm³/mol. The highest BCUT2D eigenvalue weighted by atomic mass is 35.5. The van der Waals surface area contributed by atoms with Crippen LogP contribution in [0.3, 0.4) is 0 Å². The second-order valence-electron chi connectivity index (χ2n) is 7.06. The van der Waals surface area contributed by atoms with Gasteiger partial charge in [0, 0.05) is 20.6 Å². The van der Waals surface area contributed by atoms with Gasteiger partial charge in [-0.25, -0.2) is 4.79 Å². The van der Waals surface area contributed by atoms with Gasteiger partial charge in [-0.3, -0.25) is 14.5 Å². The Hall–Kier alpha value is -2.48. The van der Waals surface area contributed by atoms with Crippen LogP contribution in [0.5, 0.6) is 5.75 Å². The van der Waals surface area contributed by atoms with Gasteiger partial charge in [-0.15, -0.1) is 0 Å². The summed E-state index contributed by atoms with van der Waals surface area (Å²) in [4.78, 5) is 39.4. The van der Waals surface area contributed by atoms with E-state index in [-0.39, 0.29) is 27.8 Å². The first-order valence-corrected chi connectivity index (χ1v) is 12.0. The Kier molecular flexibility index (Phi) is 7.55. The molecule has 1 saturated heterocycles. The van der Waals surface area contributed by atoms with Crippen molar-refractivity contribution in [2.45, 2.75) is 6.54 Å². The summed E-state index contributed by atoms with van der Waals surface area (Å²) in [6, 6.07) is 15.9. The van der Waals surface area contributed by atoms with Crippen LogP contribution in [0.4, 0.5) is 4.79 Å². The number of carbonyl (C=O) groups excluding carboxylic acids is 3. The Morgan fingerprint density at radius 1 is 0.912 bits per heavy atom. The number of hydrogen-bond donors (Lipinski definition) is 0. The fraction of sp³-hybridized carbons (Fsp3) is 0.0417. The number of nitrogens with zero attached hydrogens (tertiary/aromatic N) is 1. The number of para-hydroxylation sites is 1. The first kappa shape index (κ1) is 24.6. The fourth-order valence-corrected chi connectivity index (χ4v) is 4.88. The zero-order chi connectivity index (χ0) is 24.4. The molecule has 10 heteroatoms. The molecule has 1 heterocycles. The number of esters is 1. The van der Waals surface area contributed by atoms with Crippen molar-refractivity contribution in [3.63, 3.8) is 0 Å². The molecule has 0 N–H and O–H groups in total. The lowest BCUT2D eigenvalue weighted by Gasteiger charge is -2.13. The van der Waals surface area contributed by atoms with E-state index in [0.717, 1.165) is 16.7 Å². The molecule has 1 fully saturated rings. The number of amides is 2. The van der Waals surface area contributed by atoms with Crippen LogP contribution >= 0.6 is 58.2 Å². The molecule has 0 unspecified atom stereocenters. The highest BCUT2D eigenvalue weighted by Crippen LogP contribution is 2.36. The van der Waals surface area contributed by atoms with Crippen LogP contribution in [-0.4, -0.2) is 22.0 Å². The van der Waals surface area contributed by atoms with Crippen LogP contribution in [0.25, 0.3) is 6.08 Å². The normalized spacial score (nSPS) is 14.7. The molecule has 1 aliphatic heterocycles. The molecular formula is C24H13Cl4NO4S. The molecule has 0 aliphatic carbocycles. The molecule has 4 rings (SSSR count). The van der Waals surface area contributed by atoms with Gasteiger partial charge in [0.15, 0.2) is 0 Å². The Bertz CT molecular complexity index is 1360. The highest BCUT2D eigenvalue weighted by Gasteiger charge is 2.35. The molecule has 172 valence electrons. The van der Waals surface area contributed by atoms with Crippen LogP contribution in [0.2, 0.25) is 20.1 Å². The van der Waals surface area contributed by atoms with E-state index in [2.05, 4.69) is 0 Å². The molecule has 2 amide bonds. The van der Waals surface area contributed by atoms with Gasteiger partial charge >= 0.3 is 5.97 Å². The third-order valence-corrected chi connectivity index (χ3v) is 6.82. The molecule has 0 bridgehead atoms. The van der Waals surface area contributed by atoms with Gasteiger partial charge in [-0.2, -0.15) is 0 Å². The number of ether oxygens (including phenoxy) is 1. The molecule has 5 nitrogen and oxygen atoms in total. The SMILES string of the molecule is O=C(Oc1ccccc1/C=C1\SC(=O)N(Cc2ccc(Cl)cc2Cl)C1=O)c1ccc(Cl)cc1Cl. The average molecular weight is 553 g/mol. The van der Waals surface area contributed by atoms with Gasteiger partial charge in [0.2, 0.25) is 0 Å². The summed E-state index contributed by atoms with van der Waals surface area (Å²) in [7, 11) is 0. The van der Waals surface area contributed by atoms with Gasteiger partial charge in [0.25, 0.3) is 11.1 Å². The molecular weight excluding hydrogens is 540 g/mol. The van der Waals surface area contributed by atoms with Gasteiger partial charge in [0.1, 0.15) is 5.75 Å². The van der Waals surface area contributed by atoms with Gasteiger partial charge in [-0.05, 0) is 59.8 Å². The summed E-state index contributed by atoms with van der Waals surface area (Å²) in [5, 5.41) is 0.904. The van der Waals surface area contributed by atoms with E-state index in [0.29, 0.717) is 26.2 Å². The van der Waals surface area contributed by atoms with Crippen LogP contribution < -0.4 is 4.74 Å². The van der Waals surface area contributed by atoms with E-state index < -0.39 is 17.1 Å². The van der Waals surface area contributed by atoms with E-state index in [1.54, 1.807) is 42.5 Å². The topological polar surface area (TPSA) is 63.7 Å². The lowest BCUT2D eigenvalue weighted by Crippen LogP contribution is -2.27. The smallest absolute Gasteiger partial charge is 0.345 e. The maximum Gasteiger partial charge on any atom is 0.345 e. The Balaban J connectivity index is 1.57. The van der Waals surface area contributed by atoms with E-state index in [1.807, 2.05) is 0 Å². The Labute approximate surface area is 219 Å². The van der Waals surface area contributed by atoms with Crippen molar-refractivity contribution in [1.29, 1.82) is 0 Å². The summed E-state index contributed by atoms with van der Waals surface area (Å²) >= 11 is 24.9. The summed E-state index contributed by atoms with van der Waals surface area (Å²) in [6.07, 6.45) is 1.50. The highest BCUT2D eigenvalue weighted by molar-refractivity contribution is 8.18. The summed E-state index contributed by atoms with van der Waals surface area (Å²) in [5.41, 5.74) is 1.17. The van der Waals surface area contributed by atoms with E-state index in [1.165, 1.54) is 24.3 Å². The fourth-order valence-electron chi connectivity index (χ4n) is 3.10. The Morgan fingerprint density at radius 2 is 1.59 bits per heavy atom. The first-order chi connectivity index (χ1) is 16.2. The largest absolute Gasteiger partial charge is 0.422 e. The lowest BCUT2D eigenvalue weighted by molar-refractivity contribution is -0.123. The van der Waals surface area contributed by atoms with E-state index in [9.17, 15) is 14.4 Å². The number of imide groups is 1. The van der Waals surface area contributed by atoms with Gasteiger partial charge in [-0.1, -0.05) is 70.7 Å². The number of benzene rings is 3. The minimum Gasteiger partial charge on any atom is -0.422 e. The van der Waals surface area contributed by atoms with E-state index >= 15 is 0 Å². The molecule has 1 aliphatic rings. The van der Waals surface area contributed by atoms with Gasteiger partial charge in [0.05, 0.1) is 22.0 Å². The maximum absolute atomic E-state index is 12.9. The van der Waals surface area contributed by atoms with Gasteiger partial charge < -0.3 is 4.74 Å². The van der Waals surface area contributed by atoms with E-state index in [4.69, 9.17) is 51.1 Å². The quantitative estimate of drug-likeness (QED) is 0.184. The maximum atomic E-state index is 12.9. The summed E-state index contributed by atoms with van der Waals surface area (Å²) in [5.74, 6) is -0.970. The molecule has 0 saturated carbocycles. The van der Waals surface area contributed by atoms with Crippen molar-refractivity contribution in [2.75, 3.05) is 0 Å². The molecule has 0 atom stereocenters. The molecule has 3 aromatic carbocycles. The zero-order valence-corrected chi connectivity index (χ0v) is 20.9. The first-order valence-electron chi connectivity index (χ1n) is 9.68. The minimum absolute atomic E-state index is 0.00368.